The maximum atomic E-state index is 2.46. The van der Waals surface area contributed by atoms with Crippen molar-refractivity contribution in [3.05, 3.63) is 45.5 Å². The van der Waals surface area contributed by atoms with E-state index in [1.54, 1.807) is 0 Å². The Kier molecular flexibility index (Phi) is 4.22. The standard InChI is InChI=1S/C21H28NS/c1-7-22-18-9-15(3)16(4)10-19(18)23-20(22)11-17-8-14(2)12-21(5,6)13-17/h8-11H,7,12-13H2,1-6H3/q+1. The SMILES string of the molecule is CC[n+]1c(C=C2C=C(C)CC(C)(C)C2)sc2cc(C)c(C)cc21. The summed E-state index contributed by atoms with van der Waals surface area (Å²) in [6.07, 6.45) is 7.19. The molecule has 1 aromatic carbocycles. The quantitative estimate of drug-likeness (QED) is 0.598. The first-order valence-electron chi connectivity index (χ1n) is 8.60. The summed E-state index contributed by atoms with van der Waals surface area (Å²) in [7, 11) is 0. The van der Waals surface area contributed by atoms with E-state index in [4.69, 9.17) is 0 Å². The molecule has 0 atom stereocenters. The van der Waals surface area contributed by atoms with Crippen LogP contribution in [0.3, 0.4) is 0 Å². The average Bonchev–Trinajstić information content (AvgIpc) is 2.73. The first kappa shape index (κ1) is 16.4. The molecule has 3 rings (SSSR count). The Morgan fingerprint density at radius 1 is 1.13 bits per heavy atom. The summed E-state index contributed by atoms with van der Waals surface area (Å²) in [6.45, 7) is 14.7. The number of aromatic nitrogens is 1. The molecule has 1 nitrogen and oxygen atoms in total. The van der Waals surface area contributed by atoms with Gasteiger partial charge in [0.2, 0.25) is 5.52 Å². The summed E-state index contributed by atoms with van der Waals surface area (Å²) in [5, 5.41) is 1.38. The second-order valence-corrected chi connectivity index (χ2v) is 8.88. The molecule has 1 heterocycles. The predicted octanol–water partition coefficient (Wildman–Crippen LogP) is 5.98. The molecule has 0 N–H and O–H groups in total. The second-order valence-electron chi connectivity index (χ2n) is 7.82. The lowest BCUT2D eigenvalue weighted by molar-refractivity contribution is -0.665. The van der Waals surface area contributed by atoms with Crippen LogP contribution in [0, 0.1) is 19.3 Å². The van der Waals surface area contributed by atoms with Gasteiger partial charge in [0.1, 0.15) is 11.2 Å². The molecule has 0 unspecified atom stereocenters. The van der Waals surface area contributed by atoms with Crippen LogP contribution in [-0.2, 0) is 6.54 Å². The average molecular weight is 327 g/mol. The van der Waals surface area contributed by atoms with Crippen molar-refractivity contribution in [1.82, 2.24) is 0 Å². The monoisotopic (exact) mass is 326 g/mol. The molecular formula is C21H28NS+. The van der Waals surface area contributed by atoms with Crippen LogP contribution < -0.4 is 4.57 Å². The van der Waals surface area contributed by atoms with Gasteiger partial charge in [-0.1, -0.05) is 36.8 Å². The van der Waals surface area contributed by atoms with E-state index in [0.717, 1.165) is 6.54 Å². The van der Waals surface area contributed by atoms with Crippen molar-refractivity contribution in [3.8, 4) is 0 Å². The molecule has 23 heavy (non-hydrogen) atoms. The highest BCUT2D eigenvalue weighted by Crippen LogP contribution is 2.38. The minimum Gasteiger partial charge on any atom is -0.182 e. The van der Waals surface area contributed by atoms with Crippen LogP contribution in [0.1, 0.15) is 56.7 Å². The molecule has 2 aromatic rings. The maximum absolute atomic E-state index is 2.46. The number of allylic oxidation sites excluding steroid dienone is 3. The van der Waals surface area contributed by atoms with E-state index in [-0.39, 0.29) is 0 Å². The highest BCUT2D eigenvalue weighted by Gasteiger charge is 2.25. The highest BCUT2D eigenvalue weighted by atomic mass is 32.1. The maximum Gasteiger partial charge on any atom is 0.263 e. The fourth-order valence-corrected chi connectivity index (χ4v) is 5.11. The van der Waals surface area contributed by atoms with Gasteiger partial charge in [-0.05, 0) is 68.7 Å². The lowest BCUT2D eigenvalue weighted by Gasteiger charge is -2.29. The molecule has 2 heteroatoms. The third-order valence-corrected chi connectivity index (χ3v) is 5.94. The lowest BCUT2D eigenvalue weighted by Crippen LogP contribution is -2.33. The summed E-state index contributed by atoms with van der Waals surface area (Å²) in [4.78, 5) is 0. The second kappa shape index (κ2) is 5.90. The van der Waals surface area contributed by atoms with Crippen molar-refractivity contribution in [2.45, 2.75) is 60.9 Å². The van der Waals surface area contributed by atoms with E-state index in [2.05, 4.69) is 70.4 Å². The van der Waals surface area contributed by atoms with Gasteiger partial charge < -0.3 is 0 Å². The summed E-state index contributed by atoms with van der Waals surface area (Å²) >= 11 is 1.92. The zero-order chi connectivity index (χ0) is 16.8. The Labute approximate surface area is 144 Å². The van der Waals surface area contributed by atoms with Gasteiger partial charge >= 0.3 is 0 Å². The van der Waals surface area contributed by atoms with Crippen molar-refractivity contribution in [1.29, 1.82) is 0 Å². The molecule has 0 aliphatic heterocycles. The smallest absolute Gasteiger partial charge is 0.182 e. The van der Waals surface area contributed by atoms with Gasteiger partial charge in [0.05, 0.1) is 0 Å². The van der Waals surface area contributed by atoms with E-state index < -0.39 is 0 Å². The molecule has 0 bridgehead atoms. The van der Waals surface area contributed by atoms with Crippen LogP contribution in [0.2, 0.25) is 0 Å². The summed E-state index contributed by atoms with van der Waals surface area (Å²) < 4.78 is 3.86. The molecule has 1 aliphatic rings. The summed E-state index contributed by atoms with van der Waals surface area (Å²) in [5.41, 5.74) is 7.50. The normalized spacial score (nSPS) is 19.4. The Hall–Kier alpha value is -1.41. The molecule has 0 radical (unpaired) electrons. The molecule has 0 spiro atoms. The third-order valence-electron chi connectivity index (χ3n) is 4.84. The molecule has 0 saturated carbocycles. The van der Waals surface area contributed by atoms with Gasteiger partial charge in [-0.2, -0.15) is 4.57 Å². The molecule has 1 aromatic heterocycles. The summed E-state index contributed by atoms with van der Waals surface area (Å²) in [6, 6.07) is 4.69. The van der Waals surface area contributed by atoms with E-state index in [1.807, 2.05) is 11.3 Å². The minimum atomic E-state index is 0.381. The van der Waals surface area contributed by atoms with E-state index in [0.29, 0.717) is 5.41 Å². The number of fused-ring (bicyclic) bond motifs is 1. The first-order chi connectivity index (χ1) is 10.8. The Morgan fingerprint density at radius 3 is 2.48 bits per heavy atom. The van der Waals surface area contributed by atoms with Crippen molar-refractivity contribution in [3.63, 3.8) is 0 Å². The predicted molar refractivity (Wildman–Crippen MR) is 102 cm³/mol. The Balaban J connectivity index is 2.13. The van der Waals surface area contributed by atoms with E-state index in [9.17, 15) is 0 Å². The van der Waals surface area contributed by atoms with Gasteiger partial charge in [-0.25, -0.2) is 0 Å². The van der Waals surface area contributed by atoms with Crippen LogP contribution in [0.5, 0.6) is 0 Å². The van der Waals surface area contributed by atoms with Gasteiger partial charge in [0.15, 0.2) is 0 Å². The molecule has 0 amide bonds. The third kappa shape index (κ3) is 3.28. The number of hydrogen-bond donors (Lipinski definition) is 0. The molecule has 0 fully saturated rings. The van der Waals surface area contributed by atoms with Crippen molar-refractivity contribution >= 4 is 27.6 Å². The van der Waals surface area contributed by atoms with Crippen LogP contribution >= 0.6 is 11.3 Å². The fraction of sp³-hybridized carbons (Fsp3) is 0.476. The van der Waals surface area contributed by atoms with Gasteiger partial charge in [-0.3, -0.25) is 0 Å². The molecule has 0 saturated heterocycles. The topological polar surface area (TPSA) is 3.88 Å². The van der Waals surface area contributed by atoms with Crippen molar-refractivity contribution < 1.29 is 4.57 Å². The number of rotatable bonds is 2. The van der Waals surface area contributed by atoms with Crippen LogP contribution in [-0.4, -0.2) is 0 Å². The van der Waals surface area contributed by atoms with Crippen LogP contribution in [0.4, 0.5) is 0 Å². The van der Waals surface area contributed by atoms with Crippen LogP contribution in [0.25, 0.3) is 16.3 Å². The molecule has 1 aliphatic carbocycles. The molecular weight excluding hydrogens is 298 g/mol. The lowest BCUT2D eigenvalue weighted by atomic mass is 9.75. The highest BCUT2D eigenvalue weighted by molar-refractivity contribution is 7.18. The number of thiazole rings is 1. The van der Waals surface area contributed by atoms with Crippen molar-refractivity contribution in [2.24, 2.45) is 5.41 Å². The van der Waals surface area contributed by atoms with Crippen LogP contribution in [0.15, 0.2) is 29.4 Å². The van der Waals surface area contributed by atoms with Gasteiger partial charge in [-0.15, -0.1) is 0 Å². The zero-order valence-electron chi connectivity index (χ0n) is 15.3. The van der Waals surface area contributed by atoms with E-state index in [1.165, 1.54) is 50.3 Å². The Morgan fingerprint density at radius 2 is 1.83 bits per heavy atom. The van der Waals surface area contributed by atoms with Gasteiger partial charge in [0.25, 0.3) is 5.01 Å². The first-order valence-corrected chi connectivity index (χ1v) is 9.42. The number of hydrogen-bond acceptors (Lipinski definition) is 1. The number of nitrogens with zero attached hydrogens (tertiary/aromatic N) is 1. The minimum absolute atomic E-state index is 0.381. The van der Waals surface area contributed by atoms with E-state index >= 15 is 0 Å². The summed E-state index contributed by atoms with van der Waals surface area (Å²) in [5.74, 6) is 0. The van der Waals surface area contributed by atoms with Gasteiger partial charge in [0, 0.05) is 12.1 Å². The largest absolute Gasteiger partial charge is 0.263 e. The zero-order valence-corrected chi connectivity index (χ0v) is 16.1. The Bertz CT molecular complexity index is 818. The molecule has 122 valence electrons. The number of aryl methyl sites for hydroxylation is 3. The number of benzene rings is 1. The van der Waals surface area contributed by atoms with Crippen molar-refractivity contribution in [2.75, 3.05) is 0 Å². The fourth-order valence-electron chi connectivity index (χ4n) is 3.83.